The highest BCUT2D eigenvalue weighted by molar-refractivity contribution is 5.86. The summed E-state index contributed by atoms with van der Waals surface area (Å²) in [5.74, 6) is 4.25. The van der Waals surface area contributed by atoms with Crippen molar-refractivity contribution in [2.75, 3.05) is 123 Å². The van der Waals surface area contributed by atoms with Crippen LogP contribution in [-0.4, -0.2) is 190 Å². The summed E-state index contributed by atoms with van der Waals surface area (Å²) in [5, 5.41) is 35.3. The first-order valence-electron chi connectivity index (χ1n) is 38.9. The Hall–Kier alpha value is -12.0. The Balaban J connectivity index is 0.000000151. The van der Waals surface area contributed by atoms with Crippen LogP contribution in [0.5, 0.6) is 34.5 Å². The number of amides is 1. The molecular weight excluding hydrogens is 1460 g/mol. The lowest BCUT2D eigenvalue weighted by atomic mass is 10.1. The number of likely N-dealkylation sites (tertiary alicyclic amines) is 1. The molecule has 0 spiro atoms. The van der Waals surface area contributed by atoms with Crippen LogP contribution in [0.2, 0.25) is 0 Å². The normalized spacial score (nSPS) is 15.6. The summed E-state index contributed by atoms with van der Waals surface area (Å²) in [4.78, 5) is 49.4. The van der Waals surface area contributed by atoms with Gasteiger partial charge in [0.1, 0.15) is 53.5 Å². The standard InChI is InChI=1S/C31H35N7O3.C28H34N6O3.C28H33N5O4/c1-39-26-13-25(14-27(16-26)40-2)37(11-10-36-9-8-22(17-32)20-36)24-6-7-28-29(15-24)35-30(19-33-28)23-18-34-38(21-23)31-5-3-4-12-41-31;1-19(2)30-9-11-34(22-12-23(36-4)15-24(13-22)37-5)21-6-7-25-26(14-21)32-27(16-31-25)20-8-10-33(17-20)18-28(35)29-3;1-28(2,34)18-32(21-11-22(35-3)14-23(12-21)36-4)20-8-9-24-25(13-20)31-26(16-29-24)19-15-30-33(17-19)27-7-5-6-10-37-27/h6-7,13-16,18-19,21-22,31H,3-5,8-12,20H2,1-2H3;6-8,10,12-17,19,30H,9,11,18H2,1-5H3,(H,29,35);8-9,11-17,27,34H,5-7,10,18H2,1-4H3/t22-,31?;;/m1../s1. The molecular formula is C87H102N18O10. The summed E-state index contributed by atoms with van der Waals surface area (Å²) in [6.07, 6.45) is 24.0. The van der Waals surface area contributed by atoms with E-state index in [0.717, 1.165) is 221 Å². The summed E-state index contributed by atoms with van der Waals surface area (Å²) in [5.41, 5.74) is 14.3. The maximum atomic E-state index is 11.7. The molecule has 6 aromatic heterocycles. The van der Waals surface area contributed by atoms with Crippen LogP contribution < -0.4 is 53.8 Å². The molecule has 0 aliphatic carbocycles. The second-order valence-corrected chi connectivity index (χ2v) is 29.5. The molecule has 0 saturated carbocycles. The van der Waals surface area contributed by atoms with Crippen molar-refractivity contribution in [2.24, 2.45) is 5.92 Å². The number of aliphatic hydroxyl groups is 1. The molecule has 9 heterocycles. The van der Waals surface area contributed by atoms with E-state index in [-0.39, 0.29) is 30.8 Å². The second-order valence-electron chi connectivity index (χ2n) is 29.5. The fourth-order valence-electron chi connectivity index (χ4n) is 14.2. The van der Waals surface area contributed by atoms with Gasteiger partial charge in [0.05, 0.1) is 148 Å². The number of aromatic nitrogens is 11. The molecule has 2 unspecified atom stereocenters. The number of carbonyl (C=O) groups excluding carboxylic acids is 1. The van der Waals surface area contributed by atoms with Gasteiger partial charge in [-0.3, -0.25) is 19.7 Å². The number of nitriles is 1. The molecule has 3 fully saturated rings. The molecule has 28 heteroatoms. The van der Waals surface area contributed by atoms with E-state index in [1.807, 2.05) is 141 Å². The number of nitrogens with one attached hydrogen (secondary N) is 2. The lowest BCUT2D eigenvalue weighted by molar-refractivity contribution is -0.121. The minimum Gasteiger partial charge on any atom is -0.497 e. The van der Waals surface area contributed by atoms with Crippen LogP contribution in [0, 0.1) is 17.2 Å². The predicted octanol–water partition coefficient (Wildman–Crippen LogP) is 14.3. The number of methoxy groups -OCH3 is 6. The number of benzene rings is 6. The molecule has 15 rings (SSSR count). The molecule has 3 aliphatic heterocycles. The topological polar surface area (TPSA) is 290 Å². The second kappa shape index (κ2) is 37.8. The van der Waals surface area contributed by atoms with Gasteiger partial charge in [-0.05, 0) is 126 Å². The van der Waals surface area contributed by atoms with Crippen LogP contribution in [0.4, 0.5) is 34.1 Å². The van der Waals surface area contributed by atoms with E-state index in [9.17, 15) is 15.2 Å². The van der Waals surface area contributed by atoms with Gasteiger partial charge in [0.15, 0.2) is 0 Å². The maximum absolute atomic E-state index is 11.7. The Labute approximate surface area is 670 Å². The van der Waals surface area contributed by atoms with Crippen LogP contribution in [0.25, 0.3) is 66.9 Å². The maximum Gasteiger partial charge on any atom is 0.239 e. The molecule has 6 aromatic carbocycles. The summed E-state index contributed by atoms with van der Waals surface area (Å²) in [7, 11) is 11.5. The van der Waals surface area contributed by atoms with Crippen molar-refractivity contribution in [3.8, 4) is 74.3 Å². The zero-order valence-electron chi connectivity index (χ0n) is 67.3. The lowest BCUT2D eigenvalue weighted by Crippen LogP contribution is -2.36. The van der Waals surface area contributed by atoms with Gasteiger partial charge in [-0.25, -0.2) is 24.3 Å². The van der Waals surface area contributed by atoms with Gasteiger partial charge in [-0.1, -0.05) is 13.8 Å². The summed E-state index contributed by atoms with van der Waals surface area (Å²) < 4.78 is 50.5. The van der Waals surface area contributed by atoms with Crippen LogP contribution in [0.3, 0.4) is 0 Å². The molecule has 0 bridgehead atoms. The highest BCUT2D eigenvalue weighted by atomic mass is 16.5. The van der Waals surface area contributed by atoms with Gasteiger partial charge in [0, 0.05) is 189 Å². The zero-order chi connectivity index (χ0) is 80.5. The first kappa shape index (κ1) is 81.0. The van der Waals surface area contributed by atoms with Crippen molar-refractivity contribution in [3.05, 3.63) is 171 Å². The first-order valence-corrected chi connectivity index (χ1v) is 38.9. The van der Waals surface area contributed by atoms with E-state index in [1.165, 1.54) is 0 Å². The predicted molar refractivity (Wildman–Crippen MR) is 445 cm³/mol. The summed E-state index contributed by atoms with van der Waals surface area (Å²) in [6.45, 7) is 14.8. The van der Waals surface area contributed by atoms with Crippen molar-refractivity contribution >= 4 is 73.1 Å². The summed E-state index contributed by atoms with van der Waals surface area (Å²) in [6, 6.07) is 40.3. The fourth-order valence-corrected chi connectivity index (χ4v) is 14.2. The quantitative estimate of drug-likeness (QED) is 0.0410. The Kier molecular flexibility index (Phi) is 26.6. The highest BCUT2D eigenvalue weighted by Gasteiger charge is 2.27. The van der Waals surface area contributed by atoms with Crippen molar-refractivity contribution in [2.45, 2.75) is 103 Å². The molecule has 3 atom stereocenters. The van der Waals surface area contributed by atoms with Crippen molar-refractivity contribution in [1.82, 2.24) is 69.6 Å². The van der Waals surface area contributed by atoms with Crippen molar-refractivity contribution in [3.63, 3.8) is 0 Å². The van der Waals surface area contributed by atoms with E-state index in [1.54, 1.807) is 88.3 Å². The number of likely N-dealkylation sites (N-methyl/N-ethyl adjacent to an activating group) is 1. The van der Waals surface area contributed by atoms with Gasteiger partial charge in [-0.2, -0.15) is 15.5 Å². The zero-order valence-corrected chi connectivity index (χ0v) is 67.3. The number of fused-ring (bicyclic) bond motifs is 3. The Bertz CT molecular complexity index is 5250. The van der Waals surface area contributed by atoms with E-state index in [2.05, 4.69) is 89.7 Å². The highest BCUT2D eigenvalue weighted by Crippen LogP contribution is 2.40. The van der Waals surface area contributed by atoms with Gasteiger partial charge in [0.25, 0.3) is 0 Å². The number of rotatable bonds is 28. The number of ether oxygens (including phenoxy) is 8. The van der Waals surface area contributed by atoms with Crippen molar-refractivity contribution in [1.29, 1.82) is 5.26 Å². The van der Waals surface area contributed by atoms with Crippen LogP contribution in [0.1, 0.15) is 85.1 Å². The van der Waals surface area contributed by atoms with Gasteiger partial charge in [0.2, 0.25) is 5.91 Å². The minimum absolute atomic E-state index is 0.0232. The SMILES string of the molecule is CNC(=O)Cn1ccc(-c2cnc3ccc(N(CCNC(C)C)c4cc(OC)cc(OC)c4)cc3n2)c1.COc1cc(OC)cc(N(CC(C)(C)O)c2ccc3ncc(-c4cnn(C5CCCCO5)c4)nc3c2)c1.COc1cc(OC)cc(N(CCN2CC[C@H](C#N)C2)c2ccc3ncc(-c4cnn(C5CCCCO5)c4)nc3c2)c1. The molecule has 3 aliphatic rings. The molecule has 600 valence electrons. The minimum atomic E-state index is -0.964. The van der Waals surface area contributed by atoms with Crippen molar-refractivity contribution < 1.29 is 47.8 Å². The molecule has 1 amide bonds. The largest absolute Gasteiger partial charge is 0.497 e. The van der Waals surface area contributed by atoms with E-state index in [4.69, 9.17) is 57.8 Å². The number of hydrogen-bond acceptors (Lipinski definition) is 24. The Morgan fingerprint density at radius 3 is 1.38 bits per heavy atom. The van der Waals surface area contributed by atoms with E-state index < -0.39 is 5.60 Å². The number of nitrogens with zero attached hydrogens (tertiary/aromatic N) is 16. The van der Waals surface area contributed by atoms with Crippen LogP contribution >= 0.6 is 0 Å². The Morgan fingerprint density at radius 1 is 0.548 bits per heavy atom. The molecule has 28 nitrogen and oxygen atoms in total. The smallest absolute Gasteiger partial charge is 0.239 e. The van der Waals surface area contributed by atoms with Gasteiger partial charge < -0.3 is 77.8 Å². The molecule has 3 saturated heterocycles. The van der Waals surface area contributed by atoms with E-state index >= 15 is 0 Å². The average molecular weight is 1560 g/mol. The van der Waals surface area contributed by atoms with E-state index in [0.29, 0.717) is 24.1 Å². The number of anilines is 6. The first-order chi connectivity index (χ1) is 55.8. The average Bonchev–Trinajstić information content (AvgIpc) is 1.73. The van der Waals surface area contributed by atoms with Crippen LogP contribution in [0.15, 0.2) is 171 Å². The van der Waals surface area contributed by atoms with Gasteiger partial charge >= 0.3 is 0 Å². The monoisotopic (exact) mass is 1560 g/mol. The summed E-state index contributed by atoms with van der Waals surface area (Å²) >= 11 is 0. The third-order valence-corrected chi connectivity index (χ3v) is 20.3. The number of hydrogen-bond donors (Lipinski definition) is 3. The molecule has 115 heavy (non-hydrogen) atoms. The molecule has 3 N–H and O–H groups in total. The molecule has 12 aromatic rings. The third-order valence-electron chi connectivity index (χ3n) is 20.3. The van der Waals surface area contributed by atoms with Gasteiger partial charge in [-0.15, -0.1) is 0 Å². The van der Waals surface area contributed by atoms with Crippen LogP contribution in [-0.2, 0) is 20.8 Å². The third kappa shape index (κ3) is 20.7. The number of carbonyl (C=O) groups is 1. The molecule has 0 radical (unpaired) electrons. The fraction of sp³-hybridized carbons (Fsp3) is 0.379. The Morgan fingerprint density at radius 2 is 0.983 bits per heavy atom. The lowest BCUT2D eigenvalue weighted by Gasteiger charge is -2.31.